The molecule has 1 aromatic heterocycles. The van der Waals surface area contributed by atoms with Crippen molar-refractivity contribution in [3.8, 4) is 5.69 Å². The van der Waals surface area contributed by atoms with E-state index in [4.69, 9.17) is 0 Å². The van der Waals surface area contributed by atoms with Gasteiger partial charge in [-0.05, 0) is 86.8 Å². The van der Waals surface area contributed by atoms with Gasteiger partial charge in [-0.25, -0.2) is 9.18 Å². The van der Waals surface area contributed by atoms with E-state index in [1.165, 1.54) is 17.7 Å². The van der Waals surface area contributed by atoms with Gasteiger partial charge < -0.3 is 15.2 Å². The molecule has 0 aliphatic carbocycles. The van der Waals surface area contributed by atoms with Crippen LogP contribution in [-0.2, 0) is 6.54 Å². The second-order valence-electron chi connectivity index (χ2n) is 6.81. The Morgan fingerprint density at radius 1 is 0.963 bits per heavy atom. The summed E-state index contributed by atoms with van der Waals surface area (Å²) in [5.41, 5.74) is 7.07. The first-order valence-electron chi connectivity index (χ1n) is 8.91. The summed E-state index contributed by atoms with van der Waals surface area (Å²) >= 11 is 0. The summed E-state index contributed by atoms with van der Waals surface area (Å²) in [7, 11) is 0. The molecule has 0 saturated heterocycles. The Morgan fingerprint density at radius 3 is 2.33 bits per heavy atom. The lowest BCUT2D eigenvalue weighted by Crippen LogP contribution is -2.28. The Kier molecular flexibility index (Phi) is 5.31. The van der Waals surface area contributed by atoms with Crippen molar-refractivity contribution in [1.82, 2.24) is 9.88 Å². The number of aryl methyl sites for hydroxylation is 3. The highest BCUT2D eigenvalue weighted by Crippen LogP contribution is 2.21. The summed E-state index contributed by atoms with van der Waals surface area (Å²) in [5, 5.41) is 5.76. The van der Waals surface area contributed by atoms with Crippen LogP contribution in [0, 0.1) is 33.5 Å². The van der Waals surface area contributed by atoms with E-state index in [1.807, 2.05) is 52.0 Å². The highest BCUT2D eigenvalue weighted by Gasteiger charge is 2.12. The molecule has 0 radical (unpaired) electrons. The van der Waals surface area contributed by atoms with Gasteiger partial charge in [-0.15, -0.1) is 0 Å². The quantitative estimate of drug-likeness (QED) is 0.658. The van der Waals surface area contributed by atoms with E-state index in [0.29, 0.717) is 6.54 Å². The molecule has 0 fully saturated rings. The molecule has 1 heterocycles. The molecule has 0 spiro atoms. The van der Waals surface area contributed by atoms with Crippen LogP contribution in [0.5, 0.6) is 0 Å². The maximum absolute atomic E-state index is 13.2. The highest BCUT2D eigenvalue weighted by atomic mass is 19.1. The summed E-state index contributed by atoms with van der Waals surface area (Å²) < 4.78 is 15.2. The summed E-state index contributed by atoms with van der Waals surface area (Å²) in [6.45, 7) is 8.46. The molecule has 5 heteroatoms. The van der Waals surface area contributed by atoms with Crippen molar-refractivity contribution in [3.05, 3.63) is 82.4 Å². The zero-order chi connectivity index (χ0) is 19.6. The van der Waals surface area contributed by atoms with E-state index in [-0.39, 0.29) is 11.8 Å². The van der Waals surface area contributed by atoms with Crippen molar-refractivity contribution in [2.75, 3.05) is 5.32 Å². The number of anilines is 1. The molecule has 0 unspecified atom stereocenters. The van der Waals surface area contributed by atoms with Crippen LogP contribution in [0.25, 0.3) is 5.69 Å². The number of nitrogens with one attached hydrogen (secondary N) is 2. The molecule has 0 atom stereocenters. The first-order chi connectivity index (χ1) is 12.8. The number of aromatic nitrogens is 1. The zero-order valence-corrected chi connectivity index (χ0v) is 16.1. The van der Waals surface area contributed by atoms with E-state index in [1.54, 1.807) is 12.1 Å². The minimum absolute atomic E-state index is 0.246. The molecule has 2 amide bonds. The fraction of sp³-hybridized carbons (Fsp3) is 0.227. The molecule has 0 aliphatic rings. The summed E-state index contributed by atoms with van der Waals surface area (Å²) in [6, 6.07) is 14.0. The van der Waals surface area contributed by atoms with Crippen LogP contribution < -0.4 is 10.6 Å². The number of amides is 2. The first-order valence-corrected chi connectivity index (χ1v) is 8.91. The van der Waals surface area contributed by atoms with Gasteiger partial charge in [0, 0.05) is 29.3 Å². The van der Waals surface area contributed by atoms with Crippen molar-refractivity contribution in [2.45, 2.75) is 34.2 Å². The number of urea groups is 1. The van der Waals surface area contributed by atoms with Crippen LogP contribution in [0.2, 0.25) is 0 Å². The van der Waals surface area contributed by atoms with Crippen molar-refractivity contribution < 1.29 is 9.18 Å². The molecule has 3 aromatic rings. The lowest BCUT2D eigenvalue weighted by molar-refractivity contribution is 0.251. The van der Waals surface area contributed by atoms with Gasteiger partial charge in [0.1, 0.15) is 5.82 Å². The average Bonchev–Trinajstić information content (AvgIpc) is 2.91. The van der Waals surface area contributed by atoms with Gasteiger partial charge in [-0.3, -0.25) is 0 Å². The van der Waals surface area contributed by atoms with Crippen LogP contribution >= 0.6 is 0 Å². The van der Waals surface area contributed by atoms with Crippen LogP contribution in [0.15, 0.2) is 48.5 Å². The summed E-state index contributed by atoms with van der Waals surface area (Å²) in [4.78, 5) is 12.2. The molecule has 140 valence electrons. The number of carbonyl (C=O) groups excluding carboxylic acids is 1. The van der Waals surface area contributed by atoms with Gasteiger partial charge in [0.25, 0.3) is 0 Å². The Morgan fingerprint density at radius 2 is 1.67 bits per heavy atom. The van der Waals surface area contributed by atoms with E-state index in [2.05, 4.69) is 15.2 Å². The number of hydrogen-bond donors (Lipinski definition) is 2. The number of hydrogen-bond acceptors (Lipinski definition) is 1. The van der Waals surface area contributed by atoms with Crippen LogP contribution in [0.4, 0.5) is 14.9 Å². The Balaban J connectivity index is 1.69. The number of benzene rings is 2. The third kappa shape index (κ3) is 4.19. The van der Waals surface area contributed by atoms with Crippen molar-refractivity contribution in [3.63, 3.8) is 0 Å². The highest BCUT2D eigenvalue weighted by molar-refractivity contribution is 5.89. The predicted octanol–water partition coefficient (Wildman–Crippen LogP) is 5.17. The van der Waals surface area contributed by atoms with E-state index in [9.17, 15) is 9.18 Å². The maximum Gasteiger partial charge on any atom is 0.319 e. The first kappa shape index (κ1) is 18.7. The standard InChI is InChI=1S/C22H24FN3O/c1-14-5-8-20(11-15(14)2)25-22(27)24-13-18-12-16(3)26(17(18)4)21-9-6-19(23)7-10-21/h5-12H,13H2,1-4H3,(H2,24,25,27). The smallest absolute Gasteiger partial charge is 0.319 e. The van der Waals surface area contributed by atoms with Crippen molar-refractivity contribution in [2.24, 2.45) is 0 Å². The summed E-state index contributed by atoms with van der Waals surface area (Å²) in [6.07, 6.45) is 0. The Labute approximate surface area is 159 Å². The zero-order valence-electron chi connectivity index (χ0n) is 16.1. The molecule has 4 nitrogen and oxygen atoms in total. The lowest BCUT2D eigenvalue weighted by Gasteiger charge is -2.11. The minimum Gasteiger partial charge on any atom is -0.334 e. The van der Waals surface area contributed by atoms with Gasteiger partial charge in [0.05, 0.1) is 0 Å². The van der Waals surface area contributed by atoms with Crippen LogP contribution in [0.3, 0.4) is 0 Å². The van der Waals surface area contributed by atoms with E-state index in [0.717, 1.165) is 33.9 Å². The fourth-order valence-corrected chi connectivity index (χ4v) is 3.17. The third-order valence-electron chi connectivity index (χ3n) is 4.82. The molecule has 3 rings (SSSR count). The van der Waals surface area contributed by atoms with Gasteiger partial charge >= 0.3 is 6.03 Å². The minimum atomic E-state index is -0.258. The van der Waals surface area contributed by atoms with E-state index >= 15 is 0 Å². The normalized spacial score (nSPS) is 10.7. The molecular formula is C22H24FN3O. The maximum atomic E-state index is 13.2. The molecule has 0 bridgehead atoms. The molecule has 27 heavy (non-hydrogen) atoms. The van der Waals surface area contributed by atoms with Crippen molar-refractivity contribution in [1.29, 1.82) is 0 Å². The Hall–Kier alpha value is -3.08. The SMILES string of the molecule is Cc1ccc(NC(=O)NCc2cc(C)n(-c3ccc(F)cc3)c2C)cc1C. The summed E-state index contributed by atoms with van der Waals surface area (Å²) in [5.74, 6) is -0.258. The second-order valence-corrected chi connectivity index (χ2v) is 6.81. The van der Waals surface area contributed by atoms with E-state index < -0.39 is 0 Å². The largest absolute Gasteiger partial charge is 0.334 e. The number of nitrogens with zero attached hydrogens (tertiary/aromatic N) is 1. The average molecular weight is 365 g/mol. The molecule has 2 aromatic carbocycles. The fourth-order valence-electron chi connectivity index (χ4n) is 3.17. The number of carbonyl (C=O) groups is 1. The molecule has 2 N–H and O–H groups in total. The number of halogens is 1. The van der Waals surface area contributed by atoms with Crippen LogP contribution in [0.1, 0.15) is 28.1 Å². The third-order valence-corrected chi connectivity index (χ3v) is 4.82. The second kappa shape index (κ2) is 7.66. The van der Waals surface area contributed by atoms with Gasteiger partial charge in [-0.1, -0.05) is 6.07 Å². The van der Waals surface area contributed by atoms with Gasteiger partial charge in [0.15, 0.2) is 0 Å². The lowest BCUT2D eigenvalue weighted by atomic mass is 10.1. The predicted molar refractivity (Wildman–Crippen MR) is 107 cm³/mol. The van der Waals surface area contributed by atoms with Crippen LogP contribution in [-0.4, -0.2) is 10.6 Å². The Bertz CT molecular complexity index is 974. The molecular weight excluding hydrogens is 341 g/mol. The topological polar surface area (TPSA) is 46.1 Å². The molecule has 0 aliphatic heterocycles. The molecule has 0 saturated carbocycles. The van der Waals surface area contributed by atoms with Crippen molar-refractivity contribution >= 4 is 11.7 Å². The monoisotopic (exact) mass is 365 g/mol. The van der Waals surface area contributed by atoms with Gasteiger partial charge in [-0.2, -0.15) is 0 Å². The van der Waals surface area contributed by atoms with Gasteiger partial charge in [0.2, 0.25) is 0 Å². The number of rotatable bonds is 4.